The summed E-state index contributed by atoms with van der Waals surface area (Å²) in [5.74, 6) is 0.967. The van der Waals surface area contributed by atoms with E-state index < -0.39 is 0 Å². The zero-order chi connectivity index (χ0) is 21.6. The predicted molar refractivity (Wildman–Crippen MR) is 115 cm³/mol. The maximum Gasteiger partial charge on any atom is 0.227 e. The Morgan fingerprint density at radius 1 is 1.13 bits per heavy atom. The lowest BCUT2D eigenvalue weighted by Crippen LogP contribution is -2.49. The highest BCUT2D eigenvalue weighted by Gasteiger charge is 2.31. The molecule has 0 spiro atoms. The molecule has 8 nitrogen and oxygen atoms in total. The number of piperidine rings is 1. The quantitative estimate of drug-likeness (QED) is 0.697. The molecule has 3 aliphatic heterocycles. The lowest BCUT2D eigenvalue weighted by Gasteiger charge is -2.36. The molecule has 0 bridgehead atoms. The van der Waals surface area contributed by atoms with E-state index in [-0.39, 0.29) is 23.6 Å². The van der Waals surface area contributed by atoms with Crippen molar-refractivity contribution >= 4 is 23.4 Å². The van der Waals surface area contributed by atoms with Crippen molar-refractivity contribution < 1.29 is 23.9 Å². The van der Waals surface area contributed by atoms with E-state index in [9.17, 15) is 14.4 Å². The smallest absolute Gasteiger partial charge is 0.227 e. The molecule has 168 valence electrons. The minimum atomic E-state index is -0.0944. The molecular formula is C23H31N3O5. The molecule has 4 rings (SSSR count). The Hall–Kier alpha value is -2.61. The van der Waals surface area contributed by atoms with Crippen LogP contribution in [0.3, 0.4) is 0 Å². The molecule has 1 unspecified atom stereocenters. The van der Waals surface area contributed by atoms with Crippen LogP contribution in [0, 0.1) is 5.92 Å². The number of fused-ring (bicyclic) bond motifs is 1. The number of morpholine rings is 1. The number of carbonyl (C=O) groups is 3. The van der Waals surface area contributed by atoms with Gasteiger partial charge in [0.1, 0.15) is 5.75 Å². The van der Waals surface area contributed by atoms with Gasteiger partial charge in [0.15, 0.2) is 0 Å². The van der Waals surface area contributed by atoms with Crippen molar-refractivity contribution in [3.05, 3.63) is 23.8 Å². The number of likely N-dealkylation sites (tertiary alicyclic amines) is 1. The fourth-order valence-corrected chi connectivity index (χ4v) is 4.47. The van der Waals surface area contributed by atoms with E-state index in [0.717, 1.165) is 42.8 Å². The van der Waals surface area contributed by atoms with E-state index in [2.05, 4.69) is 5.32 Å². The molecule has 0 aromatic heterocycles. The molecule has 0 radical (unpaired) electrons. The number of anilines is 1. The van der Waals surface area contributed by atoms with Crippen LogP contribution in [-0.2, 0) is 25.5 Å². The van der Waals surface area contributed by atoms with Gasteiger partial charge in [-0.3, -0.25) is 14.4 Å². The van der Waals surface area contributed by atoms with Gasteiger partial charge in [0.2, 0.25) is 17.7 Å². The van der Waals surface area contributed by atoms with Crippen LogP contribution in [-0.4, -0.2) is 73.5 Å². The Bertz CT molecular complexity index is 821. The first-order valence-electron chi connectivity index (χ1n) is 11.3. The highest BCUT2D eigenvalue weighted by atomic mass is 16.5. The standard InChI is InChI=1S/C23H31N3O5/c27-21-8-5-17-15-19(6-7-20(17)24-21)31-12-2-4-22(28)26-9-1-3-18(16-26)23(29)25-10-13-30-14-11-25/h6-7,15,18H,1-5,8-14,16H2,(H,24,27). The number of ether oxygens (including phenoxy) is 2. The van der Waals surface area contributed by atoms with Gasteiger partial charge in [-0.2, -0.15) is 0 Å². The van der Waals surface area contributed by atoms with Crippen molar-refractivity contribution in [2.45, 2.75) is 38.5 Å². The summed E-state index contributed by atoms with van der Waals surface area (Å²) in [6, 6.07) is 5.67. The second-order valence-electron chi connectivity index (χ2n) is 8.44. The van der Waals surface area contributed by atoms with Gasteiger partial charge in [-0.1, -0.05) is 0 Å². The third kappa shape index (κ3) is 5.55. The second kappa shape index (κ2) is 10.1. The number of benzene rings is 1. The van der Waals surface area contributed by atoms with Gasteiger partial charge < -0.3 is 24.6 Å². The second-order valence-corrected chi connectivity index (χ2v) is 8.44. The fraction of sp³-hybridized carbons (Fsp3) is 0.609. The van der Waals surface area contributed by atoms with Crippen LogP contribution < -0.4 is 10.1 Å². The Labute approximate surface area is 182 Å². The molecule has 1 aromatic carbocycles. The van der Waals surface area contributed by atoms with Crippen LogP contribution >= 0.6 is 0 Å². The topological polar surface area (TPSA) is 88.2 Å². The molecule has 0 aliphatic carbocycles. The first-order chi connectivity index (χ1) is 15.1. The van der Waals surface area contributed by atoms with Crippen molar-refractivity contribution in [3.8, 4) is 5.75 Å². The lowest BCUT2D eigenvalue weighted by molar-refractivity contribution is -0.144. The van der Waals surface area contributed by atoms with E-state index in [4.69, 9.17) is 9.47 Å². The van der Waals surface area contributed by atoms with E-state index in [1.807, 2.05) is 28.0 Å². The van der Waals surface area contributed by atoms with E-state index in [0.29, 0.717) is 58.7 Å². The largest absolute Gasteiger partial charge is 0.494 e. The minimum Gasteiger partial charge on any atom is -0.494 e. The van der Waals surface area contributed by atoms with Gasteiger partial charge in [-0.25, -0.2) is 0 Å². The molecule has 2 fully saturated rings. The molecular weight excluding hydrogens is 398 g/mol. The molecule has 3 amide bonds. The Morgan fingerprint density at radius 3 is 2.81 bits per heavy atom. The molecule has 3 aliphatic rings. The summed E-state index contributed by atoms with van der Waals surface area (Å²) in [4.78, 5) is 40.6. The number of rotatable bonds is 6. The van der Waals surface area contributed by atoms with Gasteiger partial charge in [0.25, 0.3) is 0 Å². The summed E-state index contributed by atoms with van der Waals surface area (Å²) in [6.07, 6.45) is 3.98. The van der Waals surface area contributed by atoms with Crippen molar-refractivity contribution in [2.75, 3.05) is 51.3 Å². The zero-order valence-corrected chi connectivity index (χ0v) is 17.9. The third-order valence-corrected chi connectivity index (χ3v) is 6.22. The van der Waals surface area contributed by atoms with E-state index >= 15 is 0 Å². The maximum atomic E-state index is 12.7. The lowest BCUT2D eigenvalue weighted by atomic mass is 9.96. The number of amides is 3. The van der Waals surface area contributed by atoms with Crippen molar-refractivity contribution in [2.24, 2.45) is 5.92 Å². The van der Waals surface area contributed by atoms with Crippen molar-refractivity contribution in [1.29, 1.82) is 0 Å². The van der Waals surface area contributed by atoms with E-state index in [1.165, 1.54) is 0 Å². The molecule has 3 heterocycles. The summed E-state index contributed by atoms with van der Waals surface area (Å²) in [6.45, 7) is 4.20. The maximum absolute atomic E-state index is 12.7. The molecule has 8 heteroatoms. The number of nitrogens with zero attached hydrogens (tertiary/aromatic N) is 2. The average molecular weight is 430 g/mol. The minimum absolute atomic E-state index is 0.0475. The normalized spacial score (nSPS) is 21.3. The molecule has 2 saturated heterocycles. The van der Waals surface area contributed by atoms with Gasteiger partial charge in [-0.15, -0.1) is 0 Å². The summed E-state index contributed by atoms with van der Waals surface area (Å²) < 4.78 is 11.1. The molecule has 1 aromatic rings. The Balaban J connectivity index is 1.20. The van der Waals surface area contributed by atoms with Crippen LogP contribution in [0.15, 0.2) is 18.2 Å². The monoisotopic (exact) mass is 429 g/mol. The number of hydrogen-bond donors (Lipinski definition) is 1. The molecule has 0 saturated carbocycles. The van der Waals surface area contributed by atoms with Crippen LogP contribution in [0.4, 0.5) is 5.69 Å². The van der Waals surface area contributed by atoms with Crippen molar-refractivity contribution in [1.82, 2.24) is 9.80 Å². The first-order valence-corrected chi connectivity index (χ1v) is 11.3. The van der Waals surface area contributed by atoms with Crippen LogP contribution in [0.2, 0.25) is 0 Å². The fourth-order valence-electron chi connectivity index (χ4n) is 4.47. The number of carbonyl (C=O) groups excluding carboxylic acids is 3. The summed E-state index contributed by atoms with van der Waals surface area (Å²) >= 11 is 0. The molecule has 1 atom stereocenters. The number of hydrogen-bond acceptors (Lipinski definition) is 5. The van der Waals surface area contributed by atoms with Crippen molar-refractivity contribution in [3.63, 3.8) is 0 Å². The Morgan fingerprint density at radius 2 is 1.97 bits per heavy atom. The van der Waals surface area contributed by atoms with E-state index in [1.54, 1.807) is 0 Å². The van der Waals surface area contributed by atoms with Crippen LogP contribution in [0.1, 0.15) is 37.7 Å². The predicted octanol–water partition coefficient (Wildman–Crippen LogP) is 1.83. The van der Waals surface area contributed by atoms with Crippen LogP contribution in [0.5, 0.6) is 5.75 Å². The Kier molecular flexibility index (Phi) is 7.06. The van der Waals surface area contributed by atoms with Crippen LogP contribution in [0.25, 0.3) is 0 Å². The number of aryl methyl sites for hydroxylation is 1. The highest BCUT2D eigenvalue weighted by molar-refractivity contribution is 5.94. The third-order valence-electron chi connectivity index (χ3n) is 6.22. The summed E-state index contributed by atoms with van der Waals surface area (Å²) in [5.41, 5.74) is 1.93. The first kappa shape index (κ1) is 21.6. The summed E-state index contributed by atoms with van der Waals surface area (Å²) in [7, 11) is 0. The van der Waals surface area contributed by atoms with Gasteiger partial charge in [0, 0.05) is 44.7 Å². The average Bonchev–Trinajstić information content (AvgIpc) is 2.82. The number of nitrogens with one attached hydrogen (secondary N) is 1. The molecule has 31 heavy (non-hydrogen) atoms. The zero-order valence-electron chi connectivity index (χ0n) is 17.9. The molecule has 1 N–H and O–H groups in total. The van der Waals surface area contributed by atoms with Gasteiger partial charge in [-0.05, 0) is 49.4 Å². The van der Waals surface area contributed by atoms with Gasteiger partial charge >= 0.3 is 0 Å². The SMILES string of the molecule is O=C1CCc2cc(OCCCC(=O)N3CCCC(C(=O)N4CCOCC4)C3)ccc2N1. The van der Waals surface area contributed by atoms with Gasteiger partial charge in [0.05, 0.1) is 25.7 Å². The highest BCUT2D eigenvalue weighted by Crippen LogP contribution is 2.27. The summed E-state index contributed by atoms with van der Waals surface area (Å²) in [5, 5.41) is 2.86.